The highest BCUT2D eigenvalue weighted by Gasteiger charge is 2.48. The highest BCUT2D eigenvalue weighted by Crippen LogP contribution is 2.30. The standard InChI is InChI=1S/C12H23N3O2/c1-14-4-3-12(8-14)13-7-11(10-17-12)9-16-6-5-15(11)2/h13H,3-10H2,1-2H3. The second-order valence-corrected chi connectivity index (χ2v) is 5.82. The number of likely N-dealkylation sites (tertiary alicyclic amines) is 1. The molecule has 1 N–H and O–H groups in total. The van der Waals surface area contributed by atoms with Crippen LogP contribution in [-0.4, -0.2) is 81.2 Å². The van der Waals surface area contributed by atoms with E-state index in [0.717, 1.165) is 52.4 Å². The van der Waals surface area contributed by atoms with E-state index in [4.69, 9.17) is 9.47 Å². The molecule has 2 atom stereocenters. The zero-order valence-corrected chi connectivity index (χ0v) is 10.9. The van der Waals surface area contributed by atoms with Gasteiger partial charge in [-0.2, -0.15) is 0 Å². The van der Waals surface area contributed by atoms with Crippen LogP contribution in [0.2, 0.25) is 0 Å². The number of hydrogen-bond donors (Lipinski definition) is 1. The first-order chi connectivity index (χ1) is 8.14. The average Bonchev–Trinajstić information content (AvgIpc) is 2.69. The van der Waals surface area contributed by atoms with Gasteiger partial charge in [-0.1, -0.05) is 0 Å². The van der Waals surface area contributed by atoms with Crippen LogP contribution in [0.5, 0.6) is 0 Å². The van der Waals surface area contributed by atoms with Gasteiger partial charge in [0.2, 0.25) is 0 Å². The molecule has 2 spiro atoms. The van der Waals surface area contributed by atoms with E-state index in [9.17, 15) is 0 Å². The van der Waals surface area contributed by atoms with E-state index in [0.29, 0.717) is 0 Å². The van der Waals surface area contributed by atoms with Crippen molar-refractivity contribution in [2.75, 3.05) is 60.1 Å². The van der Waals surface area contributed by atoms with E-state index in [1.165, 1.54) is 0 Å². The topological polar surface area (TPSA) is 37.0 Å². The summed E-state index contributed by atoms with van der Waals surface area (Å²) in [7, 11) is 4.33. The molecule has 0 aromatic rings. The Labute approximate surface area is 103 Å². The molecule has 17 heavy (non-hydrogen) atoms. The van der Waals surface area contributed by atoms with E-state index < -0.39 is 0 Å². The molecule has 3 aliphatic rings. The Morgan fingerprint density at radius 1 is 1.18 bits per heavy atom. The van der Waals surface area contributed by atoms with E-state index in [2.05, 4.69) is 29.2 Å². The molecular weight excluding hydrogens is 218 g/mol. The molecule has 0 radical (unpaired) electrons. The summed E-state index contributed by atoms with van der Waals surface area (Å²) >= 11 is 0. The van der Waals surface area contributed by atoms with Gasteiger partial charge in [-0.15, -0.1) is 0 Å². The van der Waals surface area contributed by atoms with Gasteiger partial charge in [0.25, 0.3) is 0 Å². The third-order valence-corrected chi connectivity index (χ3v) is 4.53. The van der Waals surface area contributed by atoms with Gasteiger partial charge in [-0.3, -0.25) is 10.2 Å². The second kappa shape index (κ2) is 4.17. The smallest absolute Gasteiger partial charge is 0.133 e. The Balaban J connectivity index is 1.67. The van der Waals surface area contributed by atoms with Crippen molar-refractivity contribution >= 4 is 0 Å². The fraction of sp³-hybridized carbons (Fsp3) is 1.00. The van der Waals surface area contributed by atoms with Crippen molar-refractivity contribution in [3.63, 3.8) is 0 Å². The lowest BCUT2D eigenvalue weighted by atomic mass is 9.94. The Morgan fingerprint density at radius 2 is 2.06 bits per heavy atom. The van der Waals surface area contributed by atoms with Crippen LogP contribution in [0, 0.1) is 0 Å². The van der Waals surface area contributed by atoms with E-state index in [1.807, 2.05) is 0 Å². The van der Waals surface area contributed by atoms with E-state index in [1.54, 1.807) is 0 Å². The molecule has 3 heterocycles. The van der Waals surface area contributed by atoms with Crippen molar-refractivity contribution in [2.24, 2.45) is 0 Å². The maximum Gasteiger partial charge on any atom is 0.133 e. The lowest BCUT2D eigenvalue weighted by Gasteiger charge is -2.51. The molecule has 0 amide bonds. The van der Waals surface area contributed by atoms with Gasteiger partial charge < -0.3 is 14.4 Å². The van der Waals surface area contributed by atoms with Gasteiger partial charge in [-0.05, 0) is 14.1 Å². The third-order valence-electron chi connectivity index (χ3n) is 4.53. The average molecular weight is 241 g/mol. The molecule has 3 rings (SSSR count). The molecule has 0 aromatic heterocycles. The van der Waals surface area contributed by atoms with Gasteiger partial charge >= 0.3 is 0 Å². The predicted molar refractivity (Wildman–Crippen MR) is 65.0 cm³/mol. The monoisotopic (exact) mass is 241 g/mol. The number of ether oxygens (including phenoxy) is 2. The molecule has 0 bridgehead atoms. The van der Waals surface area contributed by atoms with Gasteiger partial charge in [0.15, 0.2) is 0 Å². The predicted octanol–water partition coefficient (Wildman–Crippen LogP) is -0.661. The highest BCUT2D eigenvalue weighted by atomic mass is 16.5. The minimum absolute atomic E-state index is 0.0463. The van der Waals surface area contributed by atoms with Crippen molar-refractivity contribution in [3.8, 4) is 0 Å². The van der Waals surface area contributed by atoms with Gasteiger partial charge in [0, 0.05) is 32.6 Å². The fourth-order valence-electron chi connectivity index (χ4n) is 3.08. The van der Waals surface area contributed by atoms with Crippen molar-refractivity contribution in [1.29, 1.82) is 0 Å². The summed E-state index contributed by atoms with van der Waals surface area (Å²) in [6, 6.07) is 0. The Kier molecular flexibility index (Phi) is 2.91. The maximum absolute atomic E-state index is 6.19. The second-order valence-electron chi connectivity index (χ2n) is 5.82. The van der Waals surface area contributed by atoms with Crippen molar-refractivity contribution in [2.45, 2.75) is 17.7 Å². The number of nitrogens with one attached hydrogen (secondary N) is 1. The molecule has 3 saturated heterocycles. The summed E-state index contributed by atoms with van der Waals surface area (Å²) < 4.78 is 11.8. The van der Waals surface area contributed by atoms with E-state index >= 15 is 0 Å². The fourth-order valence-corrected chi connectivity index (χ4v) is 3.08. The lowest BCUT2D eigenvalue weighted by Crippen LogP contribution is -2.71. The van der Waals surface area contributed by atoms with Crippen LogP contribution >= 0.6 is 0 Å². The minimum Gasteiger partial charge on any atom is -0.378 e. The van der Waals surface area contributed by atoms with Crippen LogP contribution in [0.25, 0.3) is 0 Å². The summed E-state index contributed by atoms with van der Waals surface area (Å²) in [6.45, 7) is 6.48. The molecule has 5 heteroatoms. The van der Waals surface area contributed by atoms with Crippen LogP contribution < -0.4 is 5.32 Å². The lowest BCUT2D eigenvalue weighted by molar-refractivity contribution is -0.178. The van der Waals surface area contributed by atoms with Crippen LogP contribution in [0.3, 0.4) is 0 Å². The first kappa shape index (κ1) is 11.9. The van der Waals surface area contributed by atoms with Crippen molar-refractivity contribution < 1.29 is 9.47 Å². The Bertz CT molecular complexity index is 289. The molecule has 5 nitrogen and oxygen atoms in total. The number of rotatable bonds is 0. The minimum atomic E-state index is -0.0989. The largest absolute Gasteiger partial charge is 0.378 e. The zero-order valence-electron chi connectivity index (χ0n) is 10.9. The molecule has 0 aromatic carbocycles. The number of morpholine rings is 1. The summed E-state index contributed by atoms with van der Waals surface area (Å²) in [4.78, 5) is 4.71. The van der Waals surface area contributed by atoms with Gasteiger partial charge in [0.05, 0.1) is 25.4 Å². The third kappa shape index (κ3) is 2.00. The molecule has 0 aliphatic carbocycles. The van der Waals surface area contributed by atoms with Crippen LogP contribution in [0.4, 0.5) is 0 Å². The summed E-state index contributed by atoms with van der Waals surface area (Å²) in [6.07, 6.45) is 1.09. The normalized spacial score (nSPS) is 44.8. The SMILES string of the molecule is CN1CCC2(C1)NCC1(COCCN1C)CO2. The zero-order chi connectivity index (χ0) is 11.9. The van der Waals surface area contributed by atoms with Crippen LogP contribution in [0.15, 0.2) is 0 Å². The molecule has 98 valence electrons. The first-order valence-electron chi connectivity index (χ1n) is 6.51. The summed E-state index contributed by atoms with van der Waals surface area (Å²) in [5, 5.41) is 3.63. The molecular formula is C12H23N3O2. The van der Waals surface area contributed by atoms with Gasteiger partial charge in [0.1, 0.15) is 5.72 Å². The van der Waals surface area contributed by atoms with Gasteiger partial charge in [-0.25, -0.2) is 0 Å². The van der Waals surface area contributed by atoms with Crippen molar-refractivity contribution in [3.05, 3.63) is 0 Å². The molecule has 0 saturated carbocycles. The number of hydrogen-bond acceptors (Lipinski definition) is 5. The first-order valence-corrected chi connectivity index (χ1v) is 6.51. The van der Waals surface area contributed by atoms with E-state index in [-0.39, 0.29) is 11.3 Å². The highest BCUT2D eigenvalue weighted by molar-refractivity contribution is 5.02. The molecule has 3 aliphatic heterocycles. The van der Waals surface area contributed by atoms with Crippen LogP contribution in [-0.2, 0) is 9.47 Å². The molecule has 2 unspecified atom stereocenters. The number of nitrogens with zero attached hydrogens (tertiary/aromatic N) is 2. The Hall–Kier alpha value is -0.200. The molecule has 3 fully saturated rings. The maximum atomic E-state index is 6.19. The Morgan fingerprint density at radius 3 is 2.65 bits per heavy atom. The number of likely N-dealkylation sites (N-methyl/N-ethyl adjacent to an activating group) is 2. The quantitative estimate of drug-likeness (QED) is 0.609. The summed E-state index contributed by atoms with van der Waals surface area (Å²) in [5.41, 5.74) is -0.0526. The van der Waals surface area contributed by atoms with Crippen LogP contribution in [0.1, 0.15) is 6.42 Å². The van der Waals surface area contributed by atoms with Crippen molar-refractivity contribution in [1.82, 2.24) is 15.1 Å². The summed E-state index contributed by atoms with van der Waals surface area (Å²) in [5.74, 6) is 0.